The van der Waals surface area contributed by atoms with Gasteiger partial charge < -0.3 is 0 Å². The molecule has 2 heteroatoms. The number of hydrogen-bond donors (Lipinski definition) is 0. The van der Waals surface area contributed by atoms with E-state index in [0.29, 0.717) is 23.4 Å². The van der Waals surface area contributed by atoms with E-state index in [0.717, 1.165) is 0 Å². The van der Waals surface area contributed by atoms with Crippen molar-refractivity contribution in [1.29, 1.82) is 0 Å². The van der Waals surface area contributed by atoms with Crippen molar-refractivity contribution in [1.82, 2.24) is 0 Å². The van der Waals surface area contributed by atoms with Crippen molar-refractivity contribution in [2.24, 2.45) is 17.8 Å². The maximum absolute atomic E-state index is 4.87. The van der Waals surface area contributed by atoms with Crippen LogP contribution in [-0.2, 0) is 0 Å². The summed E-state index contributed by atoms with van der Waals surface area (Å²) in [6, 6.07) is 36.5. The van der Waals surface area contributed by atoms with Gasteiger partial charge in [0.25, 0.3) is 0 Å². The SMILES string of the molecule is CC1=C(C)C(P(Br)(c2ccccc2)(c2ccc3ccccc3c2)c2ccccc2C)C(C)C(C)C1C. The molecule has 0 aliphatic heterocycles. The third-order valence-corrected chi connectivity index (χ3v) is 20.3. The molecule has 0 spiro atoms. The van der Waals surface area contributed by atoms with Crippen LogP contribution >= 0.6 is 20.8 Å². The van der Waals surface area contributed by atoms with Crippen LogP contribution in [0.15, 0.2) is 108 Å². The molecule has 0 aromatic heterocycles. The van der Waals surface area contributed by atoms with Gasteiger partial charge in [-0.1, -0.05) is 0 Å². The summed E-state index contributed by atoms with van der Waals surface area (Å²) in [6.45, 7) is 14.5. The number of fused-ring (bicyclic) bond motifs is 1. The van der Waals surface area contributed by atoms with Crippen LogP contribution in [0.3, 0.4) is 0 Å². The Balaban J connectivity index is 2.03. The Morgan fingerprint density at radius 2 is 1.19 bits per heavy atom. The molecule has 0 nitrogen and oxygen atoms in total. The second kappa shape index (κ2) is 9.27. The third kappa shape index (κ3) is 3.50. The summed E-state index contributed by atoms with van der Waals surface area (Å²) in [5.41, 5.74) is 4.83. The average Bonchev–Trinajstić information content (AvgIpc) is 2.91. The monoisotopic (exact) mass is 556 g/mol. The molecule has 4 aromatic rings. The maximum atomic E-state index is 4.87. The topological polar surface area (TPSA) is 0 Å². The fraction of sp³-hybridized carbons (Fsp3) is 0.294. The van der Waals surface area contributed by atoms with Gasteiger partial charge >= 0.3 is 226 Å². The van der Waals surface area contributed by atoms with Crippen molar-refractivity contribution in [3.8, 4) is 0 Å². The number of hydrogen-bond acceptors (Lipinski definition) is 0. The molecule has 1 aliphatic carbocycles. The quantitative estimate of drug-likeness (QED) is 0.174. The van der Waals surface area contributed by atoms with Gasteiger partial charge in [-0.15, -0.1) is 0 Å². The van der Waals surface area contributed by atoms with Gasteiger partial charge in [-0.25, -0.2) is 0 Å². The summed E-state index contributed by atoms with van der Waals surface area (Å²) < 4.78 is 0. The van der Waals surface area contributed by atoms with Crippen LogP contribution in [0.5, 0.6) is 0 Å². The van der Waals surface area contributed by atoms with E-state index < -0.39 is 5.31 Å². The Labute approximate surface area is 225 Å². The minimum atomic E-state index is -3.21. The summed E-state index contributed by atoms with van der Waals surface area (Å²) in [6.07, 6.45) is 0. The van der Waals surface area contributed by atoms with Gasteiger partial charge in [0.05, 0.1) is 0 Å². The summed E-state index contributed by atoms with van der Waals surface area (Å²) in [7, 11) is 0. The molecule has 0 saturated carbocycles. The fourth-order valence-corrected chi connectivity index (χ4v) is 18.2. The van der Waals surface area contributed by atoms with Gasteiger partial charge in [0, 0.05) is 0 Å². The molecule has 4 atom stereocenters. The zero-order valence-electron chi connectivity index (χ0n) is 22.4. The number of halogens is 1. The third-order valence-electron chi connectivity index (χ3n) is 9.47. The summed E-state index contributed by atoms with van der Waals surface area (Å²) in [5.74, 6) is 1.68. The minimum absolute atomic E-state index is 0.354. The molecule has 186 valence electrons. The molecule has 0 saturated heterocycles. The number of allylic oxidation sites excluding steroid dienone is 2. The first-order valence-electron chi connectivity index (χ1n) is 13.2. The Morgan fingerprint density at radius 3 is 1.89 bits per heavy atom. The molecular formula is C34H38BrP. The molecule has 5 rings (SSSR count). The van der Waals surface area contributed by atoms with Crippen molar-refractivity contribution >= 4 is 47.5 Å². The zero-order valence-corrected chi connectivity index (χ0v) is 24.9. The van der Waals surface area contributed by atoms with Crippen LogP contribution in [0.4, 0.5) is 0 Å². The molecule has 0 N–H and O–H groups in total. The first-order chi connectivity index (χ1) is 17.2. The Hall–Kier alpha value is -2.21. The normalized spacial score (nSPS) is 23.9. The second-order valence-corrected chi connectivity index (χ2v) is 19.7. The predicted octanol–water partition coefficient (Wildman–Crippen LogP) is 8.91. The molecule has 4 aromatic carbocycles. The van der Waals surface area contributed by atoms with Crippen LogP contribution in [0.2, 0.25) is 0 Å². The van der Waals surface area contributed by atoms with Gasteiger partial charge in [-0.05, 0) is 0 Å². The standard InChI is InChI=1S/C34H38BrP/c1-23-14-10-13-19-33(23)36(35,31-17-8-7-9-18-31,32-21-20-29-15-11-12-16-30(29)22-32)34-27(5)25(3)24(2)26(4)28(34)6/h7-22,24-25,27,34H,1-6H3. The molecule has 36 heavy (non-hydrogen) atoms. The van der Waals surface area contributed by atoms with Crippen molar-refractivity contribution in [2.75, 3.05) is 0 Å². The van der Waals surface area contributed by atoms with E-state index in [2.05, 4.69) is 139 Å². The molecule has 0 amide bonds. The second-order valence-electron chi connectivity index (χ2n) is 11.0. The zero-order chi connectivity index (χ0) is 25.7. The number of aryl methyl sites for hydroxylation is 1. The van der Waals surface area contributed by atoms with Crippen LogP contribution < -0.4 is 15.9 Å². The van der Waals surface area contributed by atoms with E-state index in [1.807, 2.05) is 0 Å². The van der Waals surface area contributed by atoms with Crippen LogP contribution in [-0.4, -0.2) is 5.66 Å². The summed E-state index contributed by atoms with van der Waals surface area (Å²) in [5, 5.41) is 3.68. The van der Waals surface area contributed by atoms with E-state index in [9.17, 15) is 0 Å². The van der Waals surface area contributed by atoms with Crippen LogP contribution in [0.25, 0.3) is 10.8 Å². The molecule has 4 unspecified atom stereocenters. The number of rotatable bonds is 4. The van der Waals surface area contributed by atoms with Gasteiger partial charge in [0.15, 0.2) is 0 Å². The average molecular weight is 558 g/mol. The van der Waals surface area contributed by atoms with E-state index >= 15 is 0 Å². The fourth-order valence-electron chi connectivity index (χ4n) is 7.05. The summed E-state index contributed by atoms with van der Waals surface area (Å²) >= 11 is 4.87. The molecule has 0 fully saturated rings. The Kier molecular flexibility index (Phi) is 6.55. The molecular weight excluding hydrogens is 519 g/mol. The molecule has 0 bridgehead atoms. The number of benzene rings is 4. The molecule has 0 heterocycles. The van der Waals surface area contributed by atoms with E-state index in [4.69, 9.17) is 15.5 Å². The Morgan fingerprint density at radius 1 is 0.583 bits per heavy atom. The van der Waals surface area contributed by atoms with Gasteiger partial charge in [-0.3, -0.25) is 0 Å². The van der Waals surface area contributed by atoms with Crippen molar-refractivity contribution in [3.05, 3.63) is 114 Å². The van der Waals surface area contributed by atoms with Crippen LogP contribution in [0, 0.1) is 24.7 Å². The van der Waals surface area contributed by atoms with Gasteiger partial charge in [0.2, 0.25) is 0 Å². The molecule has 0 radical (unpaired) electrons. The first-order valence-corrected chi connectivity index (χ1v) is 17.5. The van der Waals surface area contributed by atoms with Crippen molar-refractivity contribution in [2.45, 2.75) is 47.2 Å². The summed E-state index contributed by atoms with van der Waals surface area (Å²) in [4.78, 5) is 0. The Bertz CT molecular complexity index is 1450. The van der Waals surface area contributed by atoms with E-state index in [1.54, 1.807) is 11.1 Å². The molecule has 1 aliphatic rings. The van der Waals surface area contributed by atoms with Gasteiger partial charge in [-0.2, -0.15) is 0 Å². The van der Waals surface area contributed by atoms with Crippen LogP contribution in [0.1, 0.15) is 40.2 Å². The van der Waals surface area contributed by atoms with Gasteiger partial charge in [0.1, 0.15) is 0 Å². The predicted molar refractivity (Wildman–Crippen MR) is 166 cm³/mol. The van der Waals surface area contributed by atoms with E-state index in [-0.39, 0.29) is 0 Å². The van der Waals surface area contributed by atoms with Crippen molar-refractivity contribution < 1.29 is 0 Å². The first kappa shape index (κ1) is 25.4. The van der Waals surface area contributed by atoms with E-state index in [1.165, 1.54) is 32.2 Å². The van der Waals surface area contributed by atoms with Crippen molar-refractivity contribution in [3.63, 3.8) is 0 Å².